The Balaban J connectivity index is 4.44. The quantitative estimate of drug-likeness (QED) is 0.484. The lowest BCUT2D eigenvalue weighted by atomic mass is 9.86. The molecule has 0 aliphatic rings. The molecule has 0 aliphatic carbocycles. The fourth-order valence-electron chi connectivity index (χ4n) is 2.05. The molecule has 0 bridgehead atoms. The molecule has 0 aliphatic heterocycles. The second-order valence-electron chi connectivity index (χ2n) is 6.19. The Hall–Kier alpha value is -0.963. The molecule has 7 nitrogen and oxygen atoms in total. The molecule has 0 saturated carbocycles. The molecule has 0 fully saturated rings. The number of nitrogens with one attached hydrogen (secondary N) is 2. The number of carbonyl (C=O) groups excluding carboxylic acids is 2. The van der Waals surface area contributed by atoms with Crippen LogP contribution in [0.2, 0.25) is 6.04 Å². The van der Waals surface area contributed by atoms with Gasteiger partial charge in [-0.05, 0) is 11.8 Å². The lowest BCUT2D eigenvalue weighted by molar-refractivity contribution is -0.130. The first-order chi connectivity index (χ1) is 10.1. The van der Waals surface area contributed by atoms with Gasteiger partial charge in [0, 0.05) is 40.8 Å². The molecule has 0 heterocycles. The van der Waals surface area contributed by atoms with E-state index in [0.29, 0.717) is 19.0 Å². The average molecular weight is 334 g/mol. The van der Waals surface area contributed by atoms with E-state index in [0.717, 1.165) is 0 Å². The van der Waals surface area contributed by atoms with E-state index < -0.39 is 14.8 Å². The Bertz CT molecular complexity index is 358. The Morgan fingerprint density at radius 1 is 1.09 bits per heavy atom. The summed E-state index contributed by atoms with van der Waals surface area (Å²) in [6.07, 6.45) is 0.671. The van der Waals surface area contributed by atoms with Gasteiger partial charge < -0.3 is 23.9 Å². The molecule has 0 aromatic carbocycles. The van der Waals surface area contributed by atoms with Crippen molar-refractivity contribution < 1.29 is 22.9 Å². The molecule has 0 saturated heterocycles. The summed E-state index contributed by atoms with van der Waals surface area (Å²) in [4.78, 5) is 23.5. The molecule has 1 unspecified atom stereocenters. The Labute approximate surface area is 134 Å². The van der Waals surface area contributed by atoms with Crippen molar-refractivity contribution in [3.63, 3.8) is 0 Å². The number of rotatable bonds is 9. The predicted octanol–water partition coefficient (Wildman–Crippen LogP) is 0.922. The molecule has 8 heteroatoms. The number of hydrogen-bond donors (Lipinski definition) is 2. The molecule has 2 N–H and O–H groups in total. The minimum Gasteiger partial charge on any atom is -0.377 e. The third kappa shape index (κ3) is 6.86. The van der Waals surface area contributed by atoms with E-state index >= 15 is 0 Å². The van der Waals surface area contributed by atoms with Crippen molar-refractivity contribution in [1.82, 2.24) is 10.6 Å². The van der Waals surface area contributed by atoms with E-state index in [1.165, 1.54) is 6.92 Å². The fraction of sp³-hybridized carbons (Fsp3) is 0.857. The number of hydrogen-bond acceptors (Lipinski definition) is 5. The highest BCUT2D eigenvalue weighted by molar-refractivity contribution is 6.60. The molecule has 0 radical (unpaired) electrons. The van der Waals surface area contributed by atoms with Crippen LogP contribution in [0.25, 0.3) is 0 Å². The topological polar surface area (TPSA) is 85.9 Å². The van der Waals surface area contributed by atoms with Crippen molar-refractivity contribution in [2.24, 2.45) is 5.41 Å². The molecule has 0 aromatic heterocycles. The number of carbonyl (C=O) groups is 2. The third-order valence-corrected chi connectivity index (χ3v) is 6.20. The zero-order valence-corrected chi connectivity index (χ0v) is 15.7. The summed E-state index contributed by atoms with van der Waals surface area (Å²) in [5, 5.41) is 5.54. The zero-order chi connectivity index (χ0) is 17.4. The molecular formula is C14H30N2O5Si. The van der Waals surface area contributed by atoms with Crippen LogP contribution in [0.4, 0.5) is 0 Å². The van der Waals surface area contributed by atoms with Gasteiger partial charge in [-0.3, -0.25) is 9.59 Å². The first-order valence-corrected chi connectivity index (χ1v) is 9.25. The SMILES string of the molecule is CO[Si](CCCNC(=O)C(NC(C)=O)C(C)(C)C)(OC)OC. The van der Waals surface area contributed by atoms with Crippen LogP contribution in [0.1, 0.15) is 34.1 Å². The summed E-state index contributed by atoms with van der Waals surface area (Å²) in [5.74, 6) is -0.415. The molecule has 1 atom stereocenters. The van der Waals surface area contributed by atoms with Crippen LogP contribution in [0.3, 0.4) is 0 Å². The van der Waals surface area contributed by atoms with E-state index in [2.05, 4.69) is 10.6 Å². The maximum atomic E-state index is 12.3. The molecule has 0 spiro atoms. The van der Waals surface area contributed by atoms with Crippen molar-refractivity contribution in [1.29, 1.82) is 0 Å². The van der Waals surface area contributed by atoms with Crippen LogP contribution >= 0.6 is 0 Å². The van der Waals surface area contributed by atoms with Gasteiger partial charge in [0.25, 0.3) is 0 Å². The molecule has 0 aromatic rings. The van der Waals surface area contributed by atoms with Gasteiger partial charge >= 0.3 is 8.80 Å². The van der Waals surface area contributed by atoms with Crippen molar-refractivity contribution in [3.8, 4) is 0 Å². The van der Waals surface area contributed by atoms with E-state index in [9.17, 15) is 9.59 Å². The third-order valence-electron chi connectivity index (χ3n) is 3.37. The molecule has 22 heavy (non-hydrogen) atoms. The highest BCUT2D eigenvalue weighted by Crippen LogP contribution is 2.19. The summed E-state index contributed by atoms with van der Waals surface area (Å²) < 4.78 is 16.0. The maximum Gasteiger partial charge on any atom is 0.500 e. The lowest BCUT2D eigenvalue weighted by Crippen LogP contribution is -2.53. The van der Waals surface area contributed by atoms with Gasteiger partial charge in [0.05, 0.1) is 0 Å². The molecule has 0 rings (SSSR count). The van der Waals surface area contributed by atoms with Crippen LogP contribution in [-0.4, -0.2) is 54.5 Å². The van der Waals surface area contributed by atoms with E-state index in [-0.39, 0.29) is 17.2 Å². The van der Waals surface area contributed by atoms with Crippen LogP contribution in [0, 0.1) is 5.41 Å². The van der Waals surface area contributed by atoms with Crippen LogP contribution in [0.15, 0.2) is 0 Å². The fourth-order valence-corrected chi connectivity index (χ4v) is 3.78. The zero-order valence-electron chi connectivity index (χ0n) is 14.7. The summed E-state index contributed by atoms with van der Waals surface area (Å²) in [7, 11) is 2.08. The summed E-state index contributed by atoms with van der Waals surface area (Å²) in [6, 6.07) is 0.0381. The monoisotopic (exact) mass is 334 g/mol. The first kappa shape index (κ1) is 21.0. The summed E-state index contributed by atoms with van der Waals surface area (Å²) in [6.45, 7) is 7.60. The Morgan fingerprint density at radius 3 is 1.95 bits per heavy atom. The molecular weight excluding hydrogens is 304 g/mol. The van der Waals surface area contributed by atoms with E-state index in [1.807, 2.05) is 20.8 Å². The molecule has 130 valence electrons. The predicted molar refractivity (Wildman–Crippen MR) is 86.3 cm³/mol. The Kier molecular flexibility index (Phi) is 8.83. The normalized spacial score (nSPS) is 13.6. The van der Waals surface area contributed by atoms with Crippen molar-refractivity contribution >= 4 is 20.6 Å². The van der Waals surface area contributed by atoms with E-state index in [1.54, 1.807) is 21.3 Å². The molecule has 2 amide bonds. The van der Waals surface area contributed by atoms with Gasteiger partial charge in [0.1, 0.15) is 6.04 Å². The second kappa shape index (κ2) is 9.24. The summed E-state index contributed by atoms with van der Waals surface area (Å²) in [5.41, 5.74) is -0.361. The van der Waals surface area contributed by atoms with Gasteiger partial charge in [-0.15, -0.1) is 0 Å². The average Bonchev–Trinajstić information content (AvgIpc) is 2.44. The minimum atomic E-state index is -2.60. The standard InChI is InChI=1S/C14H30N2O5Si/c1-11(17)16-12(14(2,3)4)13(18)15-9-8-10-22(19-5,20-6)21-7/h12H,8-10H2,1-7H3,(H,15,18)(H,16,17). The highest BCUT2D eigenvalue weighted by atomic mass is 28.4. The van der Waals surface area contributed by atoms with E-state index in [4.69, 9.17) is 13.3 Å². The van der Waals surface area contributed by atoms with Gasteiger partial charge in [-0.2, -0.15) is 0 Å². The smallest absolute Gasteiger partial charge is 0.377 e. The van der Waals surface area contributed by atoms with Gasteiger partial charge in [-0.25, -0.2) is 0 Å². The van der Waals surface area contributed by atoms with Crippen molar-refractivity contribution in [2.75, 3.05) is 27.9 Å². The van der Waals surface area contributed by atoms with Gasteiger partial charge in [0.15, 0.2) is 0 Å². The minimum absolute atomic E-state index is 0.192. The number of amides is 2. The Morgan fingerprint density at radius 2 is 1.59 bits per heavy atom. The largest absolute Gasteiger partial charge is 0.500 e. The lowest BCUT2D eigenvalue weighted by Gasteiger charge is -2.30. The van der Waals surface area contributed by atoms with Crippen LogP contribution < -0.4 is 10.6 Å². The summed E-state index contributed by atoms with van der Waals surface area (Å²) >= 11 is 0. The van der Waals surface area contributed by atoms with Gasteiger partial charge in [-0.1, -0.05) is 20.8 Å². The second-order valence-corrected chi connectivity index (χ2v) is 9.28. The van der Waals surface area contributed by atoms with Crippen molar-refractivity contribution in [3.05, 3.63) is 0 Å². The first-order valence-electron chi connectivity index (χ1n) is 7.32. The van der Waals surface area contributed by atoms with Crippen LogP contribution in [-0.2, 0) is 22.9 Å². The van der Waals surface area contributed by atoms with Gasteiger partial charge in [0.2, 0.25) is 11.8 Å². The maximum absolute atomic E-state index is 12.3. The highest BCUT2D eigenvalue weighted by Gasteiger charge is 2.37. The van der Waals surface area contributed by atoms with Crippen LogP contribution in [0.5, 0.6) is 0 Å². The van der Waals surface area contributed by atoms with Crippen molar-refractivity contribution in [2.45, 2.75) is 46.2 Å².